The van der Waals surface area contributed by atoms with E-state index in [-0.39, 0.29) is 17.1 Å². The monoisotopic (exact) mass is 247 g/mol. The number of para-hydroxylation sites is 1. The zero-order valence-corrected chi connectivity index (χ0v) is 11.5. The molecule has 1 saturated heterocycles. The molecule has 0 amide bonds. The summed E-state index contributed by atoms with van der Waals surface area (Å²) in [6, 6.07) is 8.27. The molecule has 90 valence electrons. The number of epoxide rings is 1. The molecule has 0 unspecified atom stereocenters. The average Bonchev–Trinajstić information content (AvgIpc) is 2.79. The number of ether oxygens (including phenoxy) is 1. The molecule has 2 atom stereocenters. The van der Waals surface area contributed by atoms with Crippen LogP contribution in [0.15, 0.2) is 24.3 Å². The molecule has 1 aromatic carbocycles. The topological polar surface area (TPSA) is 25.4 Å². The molecular formula is C14H17NOS. The fourth-order valence-corrected chi connectivity index (χ4v) is 3.54. The quantitative estimate of drug-likeness (QED) is 0.713. The zero-order valence-electron chi connectivity index (χ0n) is 10.7. The van der Waals surface area contributed by atoms with Crippen molar-refractivity contribution in [3.8, 4) is 0 Å². The maximum atomic E-state index is 5.93. The first-order valence-corrected chi connectivity index (χ1v) is 6.77. The Morgan fingerprint density at radius 3 is 2.59 bits per heavy atom. The van der Waals surface area contributed by atoms with Gasteiger partial charge in [-0.3, -0.25) is 0 Å². The van der Waals surface area contributed by atoms with Gasteiger partial charge in [0.2, 0.25) is 0 Å². The van der Waals surface area contributed by atoms with Crippen molar-refractivity contribution in [2.24, 2.45) is 5.41 Å². The lowest BCUT2D eigenvalue weighted by Crippen LogP contribution is -2.20. The Morgan fingerprint density at radius 1 is 1.29 bits per heavy atom. The second kappa shape index (κ2) is 3.30. The van der Waals surface area contributed by atoms with Crippen molar-refractivity contribution in [2.45, 2.75) is 39.4 Å². The summed E-state index contributed by atoms with van der Waals surface area (Å²) in [4.78, 5) is 4.70. The Hall–Kier alpha value is -0.930. The van der Waals surface area contributed by atoms with Crippen molar-refractivity contribution in [3.63, 3.8) is 0 Å². The van der Waals surface area contributed by atoms with Gasteiger partial charge in [0.1, 0.15) is 10.6 Å². The molecule has 0 spiro atoms. The van der Waals surface area contributed by atoms with E-state index in [1.165, 1.54) is 4.70 Å². The van der Waals surface area contributed by atoms with Crippen LogP contribution in [0.25, 0.3) is 10.2 Å². The summed E-state index contributed by atoms with van der Waals surface area (Å²) >= 11 is 1.75. The van der Waals surface area contributed by atoms with Gasteiger partial charge in [-0.05, 0) is 24.5 Å². The van der Waals surface area contributed by atoms with Crippen LogP contribution in [-0.4, -0.2) is 11.1 Å². The van der Waals surface area contributed by atoms with Crippen molar-refractivity contribution < 1.29 is 4.74 Å². The Balaban J connectivity index is 2.01. The highest BCUT2D eigenvalue weighted by atomic mass is 32.1. The fraction of sp³-hybridized carbons (Fsp3) is 0.500. The maximum Gasteiger partial charge on any atom is 0.144 e. The van der Waals surface area contributed by atoms with E-state index in [9.17, 15) is 0 Å². The standard InChI is InChI=1S/C14H17NOS/c1-13(2,3)11-14(4,16-11)12-15-9-7-5-6-8-10(9)17-12/h5-8,11H,1-4H3/t11-,14-/m1/s1. The van der Waals surface area contributed by atoms with Gasteiger partial charge in [-0.15, -0.1) is 11.3 Å². The number of aromatic nitrogens is 1. The predicted octanol–water partition coefficient (Wildman–Crippen LogP) is 3.96. The molecule has 2 heterocycles. The SMILES string of the molecule is CC(C)(C)[C@H]1O[C@@]1(C)c1nc2ccccc2s1. The molecule has 0 aliphatic carbocycles. The van der Waals surface area contributed by atoms with Gasteiger partial charge in [-0.25, -0.2) is 4.98 Å². The van der Waals surface area contributed by atoms with E-state index in [1.807, 2.05) is 6.07 Å². The molecule has 1 fully saturated rings. The van der Waals surface area contributed by atoms with E-state index >= 15 is 0 Å². The maximum absolute atomic E-state index is 5.93. The lowest BCUT2D eigenvalue weighted by Gasteiger charge is -2.16. The lowest BCUT2D eigenvalue weighted by molar-refractivity contribution is 0.249. The summed E-state index contributed by atoms with van der Waals surface area (Å²) in [7, 11) is 0. The third-order valence-corrected chi connectivity index (χ3v) is 4.57. The summed E-state index contributed by atoms with van der Waals surface area (Å²) in [6.45, 7) is 8.81. The van der Waals surface area contributed by atoms with Gasteiger partial charge in [0, 0.05) is 0 Å². The Bertz CT molecular complexity index is 536. The summed E-state index contributed by atoms with van der Waals surface area (Å²) in [6.07, 6.45) is 0.274. The first-order valence-electron chi connectivity index (χ1n) is 5.95. The van der Waals surface area contributed by atoms with Crippen LogP contribution in [0.5, 0.6) is 0 Å². The molecule has 2 aromatic rings. The van der Waals surface area contributed by atoms with Crippen molar-refractivity contribution in [3.05, 3.63) is 29.3 Å². The lowest BCUT2D eigenvalue weighted by atomic mass is 9.86. The molecular weight excluding hydrogens is 230 g/mol. The number of hydrogen-bond donors (Lipinski definition) is 0. The van der Waals surface area contributed by atoms with E-state index < -0.39 is 0 Å². The molecule has 0 radical (unpaired) electrons. The van der Waals surface area contributed by atoms with Crippen molar-refractivity contribution in [1.82, 2.24) is 4.98 Å². The number of benzene rings is 1. The van der Waals surface area contributed by atoms with Gasteiger partial charge in [-0.1, -0.05) is 32.9 Å². The van der Waals surface area contributed by atoms with Crippen LogP contribution < -0.4 is 0 Å². The minimum Gasteiger partial charge on any atom is -0.358 e. The summed E-state index contributed by atoms with van der Waals surface area (Å²) in [5.74, 6) is 0. The number of fused-ring (bicyclic) bond motifs is 1. The van der Waals surface area contributed by atoms with Crippen molar-refractivity contribution in [2.75, 3.05) is 0 Å². The van der Waals surface area contributed by atoms with Crippen LogP contribution in [-0.2, 0) is 10.3 Å². The molecule has 1 aliphatic rings. The average molecular weight is 247 g/mol. The van der Waals surface area contributed by atoms with E-state index in [4.69, 9.17) is 9.72 Å². The molecule has 0 bridgehead atoms. The molecule has 0 saturated carbocycles. The van der Waals surface area contributed by atoms with Crippen molar-refractivity contribution >= 4 is 21.6 Å². The van der Waals surface area contributed by atoms with Crippen LogP contribution in [0.1, 0.15) is 32.7 Å². The molecule has 17 heavy (non-hydrogen) atoms. The molecule has 3 rings (SSSR count). The number of rotatable bonds is 1. The molecule has 1 aromatic heterocycles. The molecule has 2 nitrogen and oxygen atoms in total. The molecule has 0 N–H and O–H groups in total. The zero-order chi connectivity index (χ0) is 12.3. The van der Waals surface area contributed by atoms with Crippen molar-refractivity contribution in [1.29, 1.82) is 0 Å². The third-order valence-electron chi connectivity index (χ3n) is 3.31. The summed E-state index contributed by atoms with van der Waals surface area (Å²) in [5.41, 5.74) is 1.08. The van der Waals surface area contributed by atoms with Gasteiger partial charge in [0.25, 0.3) is 0 Å². The third kappa shape index (κ3) is 1.69. The first kappa shape index (κ1) is 11.2. The van der Waals surface area contributed by atoms with Crippen LogP contribution in [0.4, 0.5) is 0 Å². The van der Waals surface area contributed by atoms with Crippen LogP contribution in [0, 0.1) is 5.41 Å². The smallest absolute Gasteiger partial charge is 0.144 e. The van der Waals surface area contributed by atoms with Crippen LogP contribution >= 0.6 is 11.3 Å². The van der Waals surface area contributed by atoms with E-state index in [2.05, 4.69) is 45.9 Å². The second-order valence-electron chi connectivity index (χ2n) is 5.96. The largest absolute Gasteiger partial charge is 0.358 e. The number of thiazole rings is 1. The van der Waals surface area contributed by atoms with E-state index in [0.29, 0.717) is 0 Å². The fourth-order valence-electron chi connectivity index (χ4n) is 2.46. The predicted molar refractivity (Wildman–Crippen MR) is 71.3 cm³/mol. The van der Waals surface area contributed by atoms with Gasteiger partial charge in [0.05, 0.1) is 16.3 Å². The second-order valence-corrected chi connectivity index (χ2v) is 6.99. The van der Waals surface area contributed by atoms with E-state index in [0.717, 1.165) is 10.5 Å². The van der Waals surface area contributed by atoms with Gasteiger partial charge in [0.15, 0.2) is 0 Å². The molecule has 3 heteroatoms. The van der Waals surface area contributed by atoms with Crippen LogP contribution in [0.3, 0.4) is 0 Å². The Morgan fingerprint density at radius 2 is 2.00 bits per heavy atom. The highest BCUT2D eigenvalue weighted by Crippen LogP contribution is 2.55. The number of hydrogen-bond acceptors (Lipinski definition) is 3. The Labute approximate surface area is 106 Å². The highest BCUT2D eigenvalue weighted by Gasteiger charge is 2.60. The highest BCUT2D eigenvalue weighted by molar-refractivity contribution is 7.18. The number of nitrogens with zero attached hydrogens (tertiary/aromatic N) is 1. The van der Waals surface area contributed by atoms with Gasteiger partial charge in [-0.2, -0.15) is 0 Å². The summed E-state index contributed by atoms with van der Waals surface area (Å²) in [5, 5.41) is 1.11. The molecule has 1 aliphatic heterocycles. The van der Waals surface area contributed by atoms with E-state index in [1.54, 1.807) is 11.3 Å². The first-order chi connectivity index (χ1) is 7.91. The minimum absolute atomic E-state index is 0.173. The Kier molecular flexibility index (Phi) is 2.17. The van der Waals surface area contributed by atoms with Gasteiger partial charge < -0.3 is 4.74 Å². The van der Waals surface area contributed by atoms with Gasteiger partial charge >= 0.3 is 0 Å². The van der Waals surface area contributed by atoms with Crippen LogP contribution in [0.2, 0.25) is 0 Å². The summed E-state index contributed by atoms with van der Waals surface area (Å²) < 4.78 is 7.17. The normalized spacial score (nSPS) is 28.6. The minimum atomic E-state index is -0.179.